The van der Waals surface area contributed by atoms with Crippen LogP contribution in [0.1, 0.15) is 67.8 Å². The zero-order chi connectivity index (χ0) is 25.7. The molecule has 3 aromatic rings. The molecular weight excluding hydrogens is 474 g/mol. The molecule has 0 saturated heterocycles. The van der Waals surface area contributed by atoms with E-state index < -0.39 is 6.04 Å². The summed E-state index contributed by atoms with van der Waals surface area (Å²) in [6, 6.07) is 12.9. The van der Waals surface area contributed by atoms with E-state index in [0.717, 1.165) is 46.8 Å². The van der Waals surface area contributed by atoms with Crippen molar-refractivity contribution in [3.63, 3.8) is 0 Å². The van der Waals surface area contributed by atoms with E-state index in [-0.39, 0.29) is 12.0 Å². The highest BCUT2D eigenvalue weighted by atomic mass is 35.5. The number of hydrogen-bond acceptors (Lipinski definition) is 6. The molecule has 36 heavy (non-hydrogen) atoms. The Bertz CT molecular complexity index is 1280. The lowest BCUT2D eigenvalue weighted by Crippen LogP contribution is -2.32. The number of fused-ring (bicyclic) bond motifs is 3. The minimum Gasteiger partial charge on any atom is -0.497 e. The van der Waals surface area contributed by atoms with E-state index in [1.54, 1.807) is 7.11 Å². The molecule has 0 amide bonds. The molecular formula is C28H32ClN5O2. The molecule has 0 saturated carbocycles. The van der Waals surface area contributed by atoms with Gasteiger partial charge >= 0.3 is 0 Å². The number of halogens is 1. The second-order valence-electron chi connectivity index (χ2n) is 9.38. The highest BCUT2D eigenvalue weighted by molar-refractivity contribution is 6.30. The Morgan fingerprint density at radius 1 is 1.19 bits per heavy atom. The molecule has 1 aliphatic heterocycles. The number of aromatic nitrogens is 3. The summed E-state index contributed by atoms with van der Waals surface area (Å²) < 4.78 is 7.38. The normalized spacial score (nSPS) is 20.6. The van der Waals surface area contributed by atoms with Crippen molar-refractivity contribution in [2.45, 2.75) is 57.5 Å². The summed E-state index contributed by atoms with van der Waals surface area (Å²) in [4.78, 5) is 16.2. The van der Waals surface area contributed by atoms with E-state index in [4.69, 9.17) is 27.1 Å². The van der Waals surface area contributed by atoms with E-state index in [1.165, 1.54) is 19.3 Å². The van der Waals surface area contributed by atoms with Crippen molar-refractivity contribution < 1.29 is 9.53 Å². The van der Waals surface area contributed by atoms with Crippen molar-refractivity contribution in [1.29, 1.82) is 0 Å². The third-order valence-corrected chi connectivity index (χ3v) is 6.66. The molecule has 1 aromatic heterocycles. The second kappa shape index (κ2) is 11.2. The monoisotopic (exact) mass is 505 g/mol. The molecule has 2 aliphatic rings. The van der Waals surface area contributed by atoms with E-state index in [1.807, 2.05) is 54.0 Å². The number of nitrogens with zero attached hydrogens (tertiary/aromatic N) is 4. The molecule has 8 heteroatoms. The number of carbonyl (C=O) groups is 1. The van der Waals surface area contributed by atoms with Gasteiger partial charge in [-0.25, -0.2) is 0 Å². The molecule has 1 unspecified atom stereocenters. The smallest absolute Gasteiger partial charge is 0.162 e. The average molecular weight is 506 g/mol. The van der Waals surface area contributed by atoms with Gasteiger partial charge in [-0.15, -0.1) is 10.2 Å². The Kier molecular flexibility index (Phi) is 8.01. The highest BCUT2D eigenvalue weighted by Gasteiger charge is 2.28. The highest BCUT2D eigenvalue weighted by Crippen LogP contribution is 2.34. The summed E-state index contributed by atoms with van der Waals surface area (Å²) in [5.74, 6) is 2.10. The lowest BCUT2D eigenvalue weighted by molar-refractivity contribution is -0.108. The molecule has 2 N–H and O–H groups in total. The van der Waals surface area contributed by atoms with Crippen molar-refractivity contribution in [2.75, 3.05) is 7.11 Å². The first-order valence-corrected chi connectivity index (χ1v) is 12.6. The van der Waals surface area contributed by atoms with Gasteiger partial charge in [-0.3, -0.25) is 9.56 Å². The summed E-state index contributed by atoms with van der Waals surface area (Å²) in [5, 5.41) is 9.15. The summed E-state index contributed by atoms with van der Waals surface area (Å²) in [5.41, 5.74) is 9.32. The molecule has 0 bridgehead atoms. The predicted molar refractivity (Wildman–Crippen MR) is 143 cm³/mol. The summed E-state index contributed by atoms with van der Waals surface area (Å²) in [6.07, 6.45) is 10.4. The van der Waals surface area contributed by atoms with E-state index in [2.05, 4.69) is 29.3 Å². The summed E-state index contributed by atoms with van der Waals surface area (Å²) >= 11 is 6.06. The SMILES string of the molecule is CC1(N)C=CCCCC1.COc1ccc2c(c1)C(c1ccc(Cl)cc1)=N[C@@H](CC=O)c1nnc(C)n1-2. The fraction of sp³-hybridized carbons (Fsp3) is 0.357. The number of rotatable bonds is 4. The average Bonchev–Trinajstić information content (AvgIpc) is 3.04. The number of benzene rings is 2. The molecule has 7 nitrogen and oxygen atoms in total. The van der Waals surface area contributed by atoms with Crippen LogP contribution in [0.15, 0.2) is 59.6 Å². The first-order chi connectivity index (χ1) is 17.3. The van der Waals surface area contributed by atoms with E-state index >= 15 is 0 Å². The van der Waals surface area contributed by atoms with Crippen LogP contribution in [-0.4, -0.2) is 39.4 Å². The number of carbonyl (C=O) groups excluding carboxylic acids is 1. The zero-order valence-electron chi connectivity index (χ0n) is 20.9. The lowest BCUT2D eigenvalue weighted by atomic mass is 9.98. The minimum atomic E-state index is -0.423. The third-order valence-electron chi connectivity index (χ3n) is 6.40. The van der Waals surface area contributed by atoms with E-state index in [9.17, 15) is 4.79 Å². The third kappa shape index (κ3) is 5.74. The van der Waals surface area contributed by atoms with Gasteiger partial charge in [-0.2, -0.15) is 0 Å². The van der Waals surface area contributed by atoms with Crippen LogP contribution >= 0.6 is 11.6 Å². The van der Waals surface area contributed by atoms with Crippen molar-refractivity contribution in [3.05, 3.63) is 82.4 Å². The van der Waals surface area contributed by atoms with Crippen LogP contribution in [0.5, 0.6) is 5.75 Å². The van der Waals surface area contributed by atoms with Crippen LogP contribution < -0.4 is 10.5 Å². The van der Waals surface area contributed by atoms with Gasteiger partial charge in [0.15, 0.2) is 5.82 Å². The lowest BCUT2D eigenvalue weighted by Gasteiger charge is -2.17. The topological polar surface area (TPSA) is 95.4 Å². The Hall–Kier alpha value is -3.29. The maximum Gasteiger partial charge on any atom is 0.162 e. The number of aryl methyl sites for hydroxylation is 1. The van der Waals surface area contributed by atoms with E-state index in [0.29, 0.717) is 10.8 Å². The Labute approximate surface area is 217 Å². The molecule has 1 aliphatic carbocycles. The van der Waals surface area contributed by atoms with Crippen LogP contribution in [0.3, 0.4) is 0 Å². The molecule has 0 fully saturated rings. The predicted octanol–water partition coefficient (Wildman–Crippen LogP) is 5.55. The van der Waals surface area contributed by atoms with Gasteiger partial charge in [-0.05, 0) is 63.4 Å². The Morgan fingerprint density at radius 3 is 2.69 bits per heavy atom. The largest absolute Gasteiger partial charge is 0.497 e. The van der Waals surface area contributed by atoms with Crippen LogP contribution in [-0.2, 0) is 4.79 Å². The number of aliphatic imine (C=N–C) groups is 1. The maximum atomic E-state index is 11.3. The fourth-order valence-electron chi connectivity index (χ4n) is 4.49. The molecule has 0 spiro atoms. The zero-order valence-corrected chi connectivity index (χ0v) is 21.7. The van der Waals surface area contributed by atoms with Crippen LogP contribution in [0.4, 0.5) is 0 Å². The molecule has 188 valence electrons. The Balaban J connectivity index is 0.000000286. The van der Waals surface area contributed by atoms with Crippen molar-refractivity contribution >= 4 is 23.6 Å². The molecule has 2 aromatic carbocycles. The standard InChI is InChI=1S/C20H17ClN4O2.C8H15N/c1-12-23-24-20-17(9-10-26)22-19(13-3-5-14(21)6-4-13)16-11-15(27-2)7-8-18(16)25(12)20;1-8(9)6-4-2-3-5-7-8/h3-8,10-11,17H,9H2,1-2H3;4,6H,2-3,5,7,9H2,1H3/t17-;/m0./s1. The number of methoxy groups -OCH3 is 1. The van der Waals surface area contributed by atoms with Gasteiger partial charge in [0.05, 0.1) is 18.5 Å². The fourth-order valence-corrected chi connectivity index (χ4v) is 4.62. The Morgan fingerprint density at radius 2 is 1.97 bits per heavy atom. The number of hydrogen-bond donors (Lipinski definition) is 1. The van der Waals surface area contributed by atoms with Crippen LogP contribution in [0.2, 0.25) is 5.02 Å². The van der Waals surface area contributed by atoms with Gasteiger partial charge in [0, 0.05) is 28.1 Å². The quantitative estimate of drug-likeness (QED) is 0.370. The van der Waals surface area contributed by atoms with Crippen molar-refractivity contribution in [2.24, 2.45) is 10.7 Å². The van der Waals surface area contributed by atoms with Gasteiger partial charge in [0.2, 0.25) is 0 Å². The van der Waals surface area contributed by atoms with Crippen molar-refractivity contribution in [3.8, 4) is 11.4 Å². The summed E-state index contributed by atoms with van der Waals surface area (Å²) in [7, 11) is 1.63. The molecule has 2 heterocycles. The number of allylic oxidation sites excluding steroid dienone is 1. The number of aldehydes is 1. The minimum absolute atomic E-state index is 0.0174. The van der Waals surface area contributed by atoms with Gasteiger partial charge in [0.1, 0.15) is 23.9 Å². The first-order valence-electron chi connectivity index (χ1n) is 12.2. The first kappa shape index (κ1) is 25.8. The van der Waals surface area contributed by atoms with Crippen LogP contribution in [0.25, 0.3) is 5.69 Å². The van der Waals surface area contributed by atoms with Crippen molar-refractivity contribution in [1.82, 2.24) is 14.8 Å². The van der Waals surface area contributed by atoms with Gasteiger partial charge < -0.3 is 15.3 Å². The maximum absolute atomic E-state index is 11.3. The molecule has 2 atom stereocenters. The molecule has 0 radical (unpaired) electrons. The molecule has 5 rings (SSSR count). The number of nitrogens with two attached hydrogens (primary N) is 1. The number of ether oxygens (including phenoxy) is 1. The van der Waals surface area contributed by atoms with Crippen LogP contribution in [0, 0.1) is 6.92 Å². The second-order valence-corrected chi connectivity index (χ2v) is 9.82. The summed E-state index contributed by atoms with van der Waals surface area (Å²) in [6.45, 7) is 3.98. The van der Waals surface area contributed by atoms with Gasteiger partial charge in [-0.1, -0.05) is 42.3 Å². The van der Waals surface area contributed by atoms with Gasteiger partial charge in [0.25, 0.3) is 0 Å².